The molecule has 0 fully saturated rings. The molecule has 2 rings (SSSR count). The maximum Gasteiger partial charge on any atom is 0.0341 e. The molecule has 18 heavy (non-hydrogen) atoms. The van der Waals surface area contributed by atoms with Gasteiger partial charge in [0.05, 0.1) is 0 Å². The van der Waals surface area contributed by atoms with E-state index in [4.69, 9.17) is 5.73 Å². The average molecular weight is 242 g/mol. The van der Waals surface area contributed by atoms with Gasteiger partial charge in [-0.25, -0.2) is 0 Å². The third-order valence-corrected chi connectivity index (χ3v) is 2.47. The molecule has 0 spiro atoms. The van der Waals surface area contributed by atoms with Crippen LogP contribution in [0.2, 0.25) is 0 Å². The highest BCUT2D eigenvalue weighted by Gasteiger charge is 1.96. The zero-order valence-electron chi connectivity index (χ0n) is 11.2. The minimum Gasteiger partial charge on any atom is -0.384 e. The molecular weight excluding hydrogens is 220 g/mol. The fraction of sp³-hybridized carbons (Fsp3) is 0.250. The first-order valence-electron chi connectivity index (χ1n) is 6.49. The standard InChI is InChI=1S/C14H16N2.C2H6/c15-10-11-16-14-8-6-13(7-9-14)12-4-2-1-3-5-12;1-2/h1-9,16H,10-11,15H2;1-2H3. The molecule has 0 amide bonds. The molecule has 0 aliphatic rings. The zero-order valence-corrected chi connectivity index (χ0v) is 11.2. The normalized spacial score (nSPS) is 9.28. The highest BCUT2D eigenvalue weighted by molar-refractivity contribution is 5.65. The Morgan fingerprint density at radius 3 is 1.94 bits per heavy atom. The first-order valence-corrected chi connectivity index (χ1v) is 6.49. The summed E-state index contributed by atoms with van der Waals surface area (Å²) in [4.78, 5) is 0. The lowest BCUT2D eigenvalue weighted by molar-refractivity contribution is 1.02. The van der Waals surface area contributed by atoms with E-state index < -0.39 is 0 Å². The molecule has 0 radical (unpaired) electrons. The van der Waals surface area contributed by atoms with E-state index in [-0.39, 0.29) is 0 Å². The number of benzene rings is 2. The molecule has 0 atom stereocenters. The van der Waals surface area contributed by atoms with Crippen LogP contribution >= 0.6 is 0 Å². The maximum absolute atomic E-state index is 5.43. The maximum atomic E-state index is 5.43. The zero-order chi connectivity index (χ0) is 13.2. The molecule has 2 aromatic rings. The summed E-state index contributed by atoms with van der Waals surface area (Å²) in [6, 6.07) is 18.8. The van der Waals surface area contributed by atoms with Gasteiger partial charge < -0.3 is 11.1 Å². The highest BCUT2D eigenvalue weighted by Crippen LogP contribution is 2.20. The van der Waals surface area contributed by atoms with E-state index >= 15 is 0 Å². The van der Waals surface area contributed by atoms with Crippen molar-refractivity contribution in [1.29, 1.82) is 0 Å². The lowest BCUT2D eigenvalue weighted by Crippen LogP contribution is -2.12. The predicted octanol–water partition coefficient (Wildman–Crippen LogP) is 3.75. The van der Waals surface area contributed by atoms with Gasteiger partial charge in [0.1, 0.15) is 0 Å². The Morgan fingerprint density at radius 1 is 0.833 bits per heavy atom. The van der Waals surface area contributed by atoms with Gasteiger partial charge in [-0.2, -0.15) is 0 Å². The Bertz CT molecular complexity index is 421. The van der Waals surface area contributed by atoms with E-state index in [9.17, 15) is 0 Å². The second-order valence-electron chi connectivity index (χ2n) is 3.66. The van der Waals surface area contributed by atoms with Gasteiger partial charge in [-0.15, -0.1) is 0 Å². The van der Waals surface area contributed by atoms with Gasteiger partial charge in [-0.1, -0.05) is 56.3 Å². The fourth-order valence-electron chi connectivity index (χ4n) is 1.63. The Hall–Kier alpha value is -1.80. The molecule has 0 aliphatic heterocycles. The largest absolute Gasteiger partial charge is 0.384 e. The van der Waals surface area contributed by atoms with Crippen LogP contribution in [0.3, 0.4) is 0 Å². The van der Waals surface area contributed by atoms with Gasteiger partial charge in [0.25, 0.3) is 0 Å². The van der Waals surface area contributed by atoms with Crippen LogP contribution in [-0.2, 0) is 0 Å². The van der Waals surface area contributed by atoms with Crippen LogP contribution in [0.1, 0.15) is 13.8 Å². The SMILES string of the molecule is CC.NCCNc1ccc(-c2ccccc2)cc1. The summed E-state index contributed by atoms with van der Waals surface area (Å²) in [5.74, 6) is 0. The Balaban J connectivity index is 0.000000771. The number of hydrogen-bond donors (Lipinski definition) is 2. The van der Waals surface area contributed by atoms with Crippen LogP contribution in [0.5, 0.6) is 0 Å². The van der Waals surface area contributed by atoms with Crippen molar-refractivity contribution in [2.75, 3.05) is 18.4 Å². The van der Waals surface area contributed by atoms with Gasteiger partial charge in [-0.3, -0.25) is 0 Å². The topological polar surface area (TPSA) is 38.0 Å². The number of hydrogen-bond acceptors (Lipinski definition) is 2. The van der Waals surface area contributed by atoms with Crippen LogP contribution in [0.4, 0.5) is 5.69 Å². The van der Waals surface area contributed by atoms with E-state index in [2.05, 4.69) is 53.8 Å². The third-order valence-electron chi connectivity index (χ3n) is 2.47. The summed E-state index contributed by atoms with van der Waals surface area (Å²) in [5, 5.41) is 3.25. The molecule has 0 saturated heterocycles. The highest BCUT2D eigenvalue weighted by atomic mass is 14.9. The van der Waals surface area contributed by atoms with E-state index in [1.54, 1.807) is 0 Å². The van der Waals surface area contributed by atoms with Crippen molar-refractivity contribution in [1.82, 2.24) is 0 Å². The van der Waals surface area contributed by atoms with Gasteiger partial charge in [0.2, 0.25) is 0 Å². The number of nitrogens with one attached hydrogen (secondary N) is 1. The van der Waals surface area contributed by atoms with E-state index in [0.29, 0.717) is 6.54 Å². The molecule has 0 aliphatic carbocycles. The molecule has 0 aromatic heterocycles. The summed E-state index contributed by atoms with van der Waals surface area (Å²) >= 11 is 0. The lowest BCUT2D eigenvalue weighted by Gasteiger charge is -2.06. The molecule has 0 saturated carbocycles. The molecule has 96 valence electrons. The lowest BCUT2D eigenvalue weighted by atomic mass is 10.1. The van der Waals surface area contributed by atoms with Gasteiger partial charge in [0, 0.05) is 18.8 Å². The minimum atomic E-state index is 0.653. The van der Waals surface area contributed by atoms with Crippen LogP contribution in [-0.4, -0.2) is 13.1 Å². The van der Waals surface area contributed by atoms with Gasteiger partial charge in [0.15, 0.2) is 0 Å². The van der Waals surface area contributed by atoms with Crippen molar-refractivity contribution in [2.45, 2.75) is 13.8 Å². The smallest absolute Gasteiger partial charge is 0.0341 e. The summed E-state index contributed by atoms with van der Waals surface area (Å²) in [7, 11) is 0. The molecule has 2 aromatic carbocycles. The van der Waals surface area contributed by atoms with Crippen molar-refractivity contribution >= 4 is 5.69 Å². The van der Waals surface area contributed by atoms with E-state index in [1.165, 1.54) is 11.1 Å². The first-order chi connectivity index (χ1) is 8.90. The Morgan fingerprint density at radius 2 is 1.39 bits per heavy atom. The van der Waals surface area contributed by atoms with Crippen LogP contribution in [0.15, 0.2) is 54.6 Å². The Kier molecular flexibility index (Phi) is 6.59. The quantitative estimate of drug-likeness (QED) is 0.857. The fourth-order valence-corrected chi connectivity index (χ4v) is 1.63. The Labute approximate surface area is 110 Å². The van der Waals surface area contributed by atoms with Crippen molar-refractivity contribution in [2.24, 2.45) is 5.73 Å². The third kappa shape index (κ3) is 4.22. The molecule has 0 unspecified atom stereocenters. The van der Waals surface area contributed by atoms with E-state index in [0.717, 1.165) is 12.2 Å². The van der Waals surface area contributed by atoms with Crippen molar-refractivity contribution < 1.29 is 0 Å². The molecule has 2 heteroatoms. The van der Waals surface area contributed by atoms with Crippen molar-refractivity contribution in [3.05, 3.63) is 54.6 Å². The molecule has 2 nitrogen and oxygen atoms in total. The number of anilines is 1. The summed E-state index contributed by atoms with van der Waals surface area (Å²) in [5.41, 5.74) is 9.03. The second-order valence-corrected chi connectivity index (χ2v) is 3.66. The molecule has 3 N–H and O–H groups in total. The molecule has 0 bridgehead atoms. The van der Waals surface area contributed by atoms with Gasteiger partial charge in [-0.05, 0) is 23.3 Å². The van der Waals surface area contributed by atoms with Crippen LogP contribution in [0.25, 0.3) is 11.1 Å². The first kappa shape index (κ1) is 14.3. The number of rotatable bonds is 4. The van der Waals surface area contributed by atoms with Crippen molar-refractivity contribution in [3.63, 3.8) is 0 Å². The monoisotopic (exact) mass is 242 g/mol. The van der Waals surface area contributed by atoms with Gasteiger partial charge >= 0.3 is 0 Å². The minimum absolute atomic E-state index is 0.653. The second kappa shape index (κ2) is 8.31. The summed E-state index contributed by atoms with van der Waals surface area (Å²) < 4.78 is 0. The molecule has 0 heterocycles. The average Bonchev–Trinajstić information content (AvgIpc) is 2.49. The van der Waals surface area contributed by atoms with Crippen LogP contribution < -0.4 is 11.1 Å². The van der Waals surface area contributed by atoms with Crippen LogP contribution in [0, 0.1) is 0 Å². The summed E-state index contributed by atoms with van der Waals surface area (Å²) in [6.07, 6.45) is 0. The van der Waals surface area contributed by atoms with E-state index in [1.807, 2.05) is 19.9 Å². The number of nitrogens with two attached hydrogens (primary N) is 1. The predicted molar refractivity (Wildman–Crippen MR) is 80.8 cm³/mol. The summed E-state index contributed by atoms with van der Waals surface area (Å²) in [6.45, 7) is 5.46. The molecular formula is C16H22N2. The van der Waals surface area contributed by atoms with Crippen molar-refractivity contribution in [3.8, 4) is 11.1 Å².